The van der Waals surface area contributed by atoms with Crippen molar-refractivity contribution in [1.29, 1.82) is 5.26 Å². The van der Waals surface area contributed by atoms with Crippen LogP contribution >= 0.6 is 0 Å². The number of nitriles is 1. The molecule has 0 unspecified atom stereocenters. The number of nitrogens with two attached hydrogens (primary N) is 1. The second kappa shape index (κ2) is 4.08. The van der Waals surface area contributed by atoms with Gasteiger partial charge in [-0.25, -0.2) is 28.5 Å². The molecule has 0 bridgehead atoms. The zero-order valence-electron chi connectivity index (χ0n) is 9.72. The Morgan fingerprint density at radius 1 is 1.35 bits per heavy atom. The number of fused-ring (bicyclic) bond motifs is 1. The monoisotopic (exact) mass is 290 g/mol. The topological polar surface area (TPSA) is 156 Å². The van der Waals surface area contributed by atoms with E-state index in [1.807, 2.05) is 0 Å². The molecule has 0 radical (unpaired) electrons. The minimum absolute atomic E-state index is 0.137. The Hall–Kier alpha value is -2.84. The van der Waals surface area contributed by atoms with Gasteiger partial charge in [0, 0.05) is 0 Å². The van der Waals surface area contributed by atoms with E-state index in [9.17, 15) is 8.42 Å². The van der Waals surface area contributed by atoms with Crippen LogP contribution in [0.1, 0.15) is 5.56 Å². The van der Waals surface area contributed by atoms with Crippen LogP contribution in [0, 0.1) is 11.3 Å². The highest BCUT2D eigenvalue weighted by Crippen LogP contribution is 2.20. The minimum atomic E-state index is -4.15. The Balaban J connectivity index is 2.40. The summed E-state index contributed by atoms with van der Waals surface area (Å²) in [6, 6.07) is 1.72. The molecule has 0 saturated heterocycles. The molecular weight excluding hydrogens is 284 g/mol. The third kappa shape index (κ3) is 1.71. The normalized spacial score (nSPS) is 11.6. The highest BCUT2D eigenvalue weighted by molar-refractivity contribution is 7.89. The smallest absolute Gasteiger partial charge is 0.257 e. The number of aromatic amines is 1. The average molecular weight is 290 g/mol. The van der Waals surface area contributed by atoms with Crippen LogP contribution in [-0.4, -0.2) is 38.1 Å². The van der Waals surface area contributed by atoms with Gasteiger partial charge in [0.1, 0.15) is 23.5 Å². The van der Waals surface area contributed by atoms with Crippen molar-refractivity contribution in [3.63, 3.8) is 0 Å². The van der Waals surface area contributed by atoms with Gasteiger partial charge in [-0.3, -0.25) is 0 Å². The number of primary sulfonamides is 1. The van der Waals surface area contributed by atoms with Crippen LogP contribution < -0.4 is 5.14 Å². The third-order valence-corrected chi connectivity index (χ3v) is 3.45. The predicted molar refractivity (Wildman–Crippen MR) is 64.9 cm³/mol. The summed E-state index contributed by atoms with van der Waals surface area (Å²) in [6.45, 7) is 0. The number of hydrogen-bond acceptors (Lipinski definition) is 7. The number of sulfonamides is 1. The molecule has 0 amide bonds. The van der Waals surface area contributed by atoms with Crippen molar-refractivity contribution in [2.75, 3.05) is 0 Å². The maximum absolute atomic E-state index is 11.6. The van der Waals surface area contributed by atoms with Crippen molar-refractivity contribution in [2.24, 2.45) is 5.14 Å². The molecule has 3 N–H and O–H groups in total. The minimum Gasteiger partial charge on any atom is -0.340 e. The van der Waals surface area contributed by atoms with Gasteiger partial charge in [-0.2, -0.15) is 15.0 Å². The lowest BCUT2D eigenvalue weighted by Crippen LogP contribution is -2.19. The Bertz CT molecular complexity index is 948. The zero-order valence-corrected chi connectivity index (χ0v) is 10.5. The Morgan fingerprint density at radius 3 is 2.85 bits per heavy atom. The van der Waals surface area contributed by atoms with Gasteiger partial charge >= 0.3 is 0 Å². The van der Waals surface area contributed by atoms with E-state index in [0.29, 0.717) is 11.2 Å². The first-order valence-electron chi connectivity index (χ1n) is 5.17. The fourth-order valence-electron chi connectivity index (χ4n) is 1.75. The molecule has 0 aromatic carbocycles. The van der Waals surface area contributed by atoms with Crippen molar-refractivity contribution >= 4 is 21.2 Å². The van der Waals surface area contributed by atoms with Crippen LogP contribution in [0.15, 0.2) is 23.9 Å². The summed E-state index contributed by atoms with van der Waals surface area (Å²) in [7, 11) is -4.15. The van der Waals surface area contributed by atoms with Crippen molar-refractivity contribution in [2.45, 2.75) is 5.03 Å². The standard InChI is InChI=1S/C9H6N8O2S/c10-1-5-2-16-17(9(5)20(11,18)19)8-6-7(13-3-12-6)14-4-15-8/h2-4H,(H2,11,18,19)(H,12,13,14,15). The van der Waals surface area contributed by atoms with Gasteiger partial charge in [-0.1, -0.05) is 0 Å². The Morgan fingerprint density at radius 2 is 2.15 bits per heavy atom. The fourth-order valence-corrected chi connectivity index (χ4v) is 2.53. The number of hydrogen-bond donors (Lipinski definition) is 2. The molecule has 0 saturated carbocycles. The van der Waals surface area contributed by atoms with Crippen LogP contribution in [0.25, 0.3) is 17.0 Å². The summed E-state index contributed by atoms with van der Waals surface area (Å²) in [5.41, 5.74) is 0.549. The molecule has 20 heavy (non-hydrogen) atoms. The molecule has 0 aliphatic heterocycles. The van der Waals surface area contributed by atoms with Gasteiger partial charge in [-0.15, -0.1) is 0 Å². The van der Waals surface area contributed by atoms with Gasteiger partial charge in [0.25, 0.3) is 10.0 Å². The molecule has 3 heterocycles. The van der Waals surface area contributed by atoms with Crippen molar-refractivity contribution < 1.29 is 8.42 Å². The van der Waals surface area contributed by atoms with Crippen molar-refractivity contribution in [3.8, 4) is 11.9 Å². The number of aromatic nitrogens is 6. The van der Waals surface area contributed by atoms with Crippen LogP contribution in [0.2, 0.25) is 0 Å². The summed E-state index contributed by atoms with van der Waals surface area (Å²) in [6.07, 6.45) is 3.69. The first kappa shape index (κ1) is 12.2. The molecule has 0 aliphatic rings. The summed E-state index contributed by atoms with van der Waals surface area (Å²) in [4.78, 5) is 14.6. The van der Waals surface area contributed by atoms with Crippen LogP contribution in [0.5, 0.6) is 0 Å². The molecule has 0 spiro atoms. The molecule has 11 heteroatoms. The Kier molecular flexibility index (Phi) is 2.49. The highest BCUT2D eigenvalue weighted by atomic mass is 32.2. The van der Waals surface area contributed by atoms with Gasteiger partial charge in [0.05, 0.1) is 12.5 Å². The molecule has 3 aromatic rings. The van der Waals surface area contributed by atoms with E-state index < -0.39 is 15.0 Å². The van der Waals surface area contributed by atoms with Gasteiger partial charge < -0.3 is 4.98 Å². The summed E-state index contributed by atoms with van der Waals surface area (Å²) >= 11 is 0. The van der Waals surface area contributed by atoms with Crippen molar-refractivity contribution in [1.82, 2.24) is 29.7 Å². The first-order valence-corrected chi connectivity index (χ1v) is 6.72. The second-order valence-corrected chi connectivity index (χ2v) is 5.21. The van der Waals surface area contributed by atoms with E-state index in [2.05, 4.69) is 25.0 Å². The van der Waals surface area contributed by atoms with Crippen molar-refractivity contribution in [3.05, 3.63) is 24.4 Å². The van der Waals surface area contributed by atoms with E-state index in [1.54, 1.807) is 6.07 Å². The number of nitrogens with zero attached hydrogens (tertiary/aromatic N) is 6. The zero-order chi connectivity index (χ0) is 14.3. The number of imidazole rings is 1. The van der Waals surface area contributed by atoms with Gasteiger partial charge in [0.2, 0.25) is 0 Å². The molecular formula is C9H6N8O2S. The van der Waals surface area contributed by atoms with Crippen LogP contribution in [0.4, 0.5) is 0 Å². The summed E-state index contributed by atoms with van der Waals surface area (Å²) in [5.74, 6) is 0.137. The third-order valence-electron chi connectivity index (χ3n) is 2.52. The summed E-state index contributed by atoms with van der Waals surface area (Å²) in [5, 5.41) is 17.5. The number of H-pyrrole nitrogens is 1. The summed E-state index contributed by atoms with van der Waals surface area (Å²) < 4.78 is 24.2. The molecule has 0 atom stereocenters. The highest BCUT2D eigenvalue weighted by Gasteiger charge is 2.24. The second-order valence-electron chi connectivity index (χ2n) is 3.73. The lowest BCUT2D eigenvalue weighted by molar-refractivity contribution is 0.586. The maximum Gasteiger partial charge on any atom is 0.257 e. The lowest BCUT2D eigenvalue weighted by atomic mass is 10.4. The van der Waals surface area contributed by atoms with Crippen LogP contribution in [-0.2, 0) is 10.0 Å². The average Bonchev–Trinajstić information content (AvgIpc) is 3.03. The van der Waals surface area contributed by atoms with Gasteiger partial charge in [-0.05, 0) is 0 Å². The molecule has 3 rings (SSSR count). The molecule has 3 aromatic heterocycles. The molecule has 0 aliphatic carbocycles. The lowest BCUT2D eigenvalue weighted by Gasteiger charge is -2.05. The number of nitrogens with one attached hydrogen (secondary N) is 1. The Labute approximate surface area is 112 Å². The molecule has 100 valence electrons. The van der Waals surface area contributed by atoms with Gasteiger partial charge in [0.15, 0.2) is 16.5 Å². The number of rotatable bonds is 2. The fraction of sp³-hybridized carbons (Fsp3) is 0. The van der Waals surface area contributed by atoms with E-state index in [1.165, 1.54) is 12.7 Å². The SMILES string of the molecule is N#Cc1cnn(-c2ncnc3nc[nH]c23)c1S(N)(=O)=O. The van der Waals surface area contributed by atoms with E-state index in [0.717, 1.165) is 10.9 Å². The first-order chi connectivity index (χ1) is 9.52. The van der Waals surface area contributed by atoms with E-state index >= 15 is 0 Å². The molecule has 0 fully saturated rings. The molecule has 10 nitrogen and oxygen atoms in total. The quantitative estimate of drug-likeness (QED) is 0.616. The predicted octanol–water partition coefficient (Wildman–Crippen LogP) is -0.942. The van der Waals surface area contributed by atoms with Crippen LogP contribution in [0.3, 0.4) is 0 Å². The maximum atomic E-state index is 11.6. The largest absolute Gasteiger partial charge is 0.340 e. The van der Waals surface area contributed by atoms with E-state index in [-0.39, 0.29) is 11.4 Å². The van der Waals surface area contributed by atoms with E-state index in [4.69, 9.17) is 10.4 Å².